The zero-order chi connectivity index (χ0) is 30.2. The first-order chi connectivity index (χ1) is 20.4. The summed E-state index contributed by atoms with van der Waals surface area (Å²) in [6.07, 6.45) is 21.9. The molecule has 3 rings (SSSR count). The second-order valence-electron chi connectivity index (χ2n) is 13.2. The van der Waals surface area contributed by atoms with Crippen molar-refractivity contribution in [2.45, 2.75) is 198 Å². The van der Waals surface area contributed by atoms with Crippen LogP contribution in [0.4, 0.5) is 0 Å². The van der Waals surface area contributed by atoms with E-state index in [0.717, 1.165) is 57.8 Å². The van der Waals surface area contributed by atoms with E-state index < -0.39 is 12.2 Å². The monoisotopic (exact) mass is 592 g/mol. The van der Waals surface area contributed by atoms with E-state index >= 15 is 0 Å². The maximum absolute atomic E-state index is 12.6. The van der Waals surface area contributed by atoms with Crippen molar-refractivity contribution >= 4 is 11.8 Å². The first kappa shape index (κ1) is 35.2. The van der Waals surface area contributed by atoms with Gasteiger partial charge in [-0.2, -0.15) is 0 Å². The van der Waals surface area contributed by atoms with Gasteiger partial charge in [0.15, 0.2) is 0 Å². The Kier molecular flexibility index (Phi) is 16.7. The highest BCUT2D eigenvalue weighted by Gasteiger charge is 2.34. The number of rotatable bonds is 22. The molecule has 1 unspecified atom stereocenters. The summed E-state index contributed by atoms with van der Waals surface area (Å²) in [5.74, 6) is -0.0407. The van der Waals surface area contributed by atoms with Gasteiger partial charge in [-0.25, -0.2) is 4.79 Å². The molecule has 0 aromatic carbocycles. The van der Waals surface area contributed by atoms with Crippen molar-refractivity contribution in [1.29, 1.82) is 0 Å². The molecule has 0 radical (unpaired) electrons. The molecule has 3 aliphatic rings. The number of ketones is 1. The molecule has 42 heavy (non-hydrogen) atoms. The molecule has 0 amide bonds. The third-order valence-electron chi connectivity index (χ3n) is 9.33. The predicted molar refractivity (Wildman–Crippen MR) is 165 cm³/mol. The van der Waals surface area contributed by atoms with Crippen molar-refractivity contribution in [3.63, 3.8) is 0 Å². The minimum atomic E-state index is -0.545. The number of hydrogen-bond donors (Lipinski definition) is 2. The number of carbonyl (C=O) groups excluding carboxylic acids is 2. The Hall–Kier alpha value is -1.28. The van der Waals surface area contributed by atoms with Crippen LogP contribution in [0.15, 0.2) is 11.6 Å². The summed E-state index contributed by atoms with van der Waals surface area (Å²) in [7, 11) is 0. The Morgan fingerprint density at radius 3 is 1.98 bits per heavy atom. The number of aliphatic hydroxyl groups excluding tert-OH is 2. The highest BCUT2D eigenvalue weighted by molar-refractivity contribution is 5.90. The van der Waals surface area contributed by atoms with Crippen LogP contribution in [0.2, 0.25) is 0 Å². The molecule has 242 valence electrons. The average Bonchev–Trinajstić information content (AvgIpc) is 3.58. The standard InChI is InChI=1S/C35H60O7/c1-3-4-5-6-7-8-9-10-11-12-19-31(37)33-21-22-34(42-33)32(38)20-14-13-16-28(36)25-30-18-15-17-29(41-30)24-27-23-26(2)40-35(27)39/h23,26,29-34,37-38H,3-22,24-25H2,1-2H3/t26?,29-,30+,31-,32+,33-,34+/m0/s1. The van der Waals surface area contributed by atoms with Crippen LogP contribution >= 0.6 is 0 Å². The fourth-order valence-electron chi connectivity index (χ4n) is 6.81. The third-order valence-corrected chi connectivity index (χ3v) is 9.33. The van der Waals surface area contributed by atoms with Crippen molar-refractivity contribution in [3.8, 4) is 0 Å². The van der Waals surface area contributed by atoms with Crippen LogP contribution in [0.5, 0.6) is 0 Å². The van der Waals surface area contributed by atoms with Gasteiger partial charge >= 0.3 is 5.97 Å². The highest BCUT2D eigenvalue weighted by Crippen LogP contribution is 2.30. The summed E-state index contributed by atoms with van der Waals surface area (Å²) in [6, 6.07) is 0. The quantitative estimate of drug-likeness (QED) is 0.101. The van der Waals surface area contributed by atoms with Crippen molar-refractivity contribution in [1.82, 2.24) is 0 Å². The summed E-state index contributed by atoms with van der Waals surface area (Å²) in [6.45, 7) is 4.11. The smallest absolute Gasteiger partial charge is 0.334 e. The first-order valence-corrected chi connectivity index (χ1v) is 17.5. The summed E-state index contributed by atoms with van der Waals surface area (Å²) in [4.78, 5) is 24.5. The maximum atomic E-state index is 12.6. The number of Topliss-reactive ketones (excluding diaryl/α,β-unsaturated/α-hetero) is 1. The third kappa shape index (κ3) is 13.2. The molecular formula is C35H60O7. The second-order valence-corrected chi connectivity index (χ2v) is 13.2. The van der Waals surface area contributed by atoms with Crippen molar-refractivity contribution in [2.75, 3.05) is 0 Å². The van der Waals surface area contributed by atoms with Gasteiger partial charge < -0.3 is 24.4 Å². The summed E-state index contributed by atoms with van der Waals surface area (Å²) in [5.41, 5.74) is 0.694. The average molecular weight is 593 g/mol. The van der Waals surface area contributed by atoms with E-state index in [-0.39, 0.29) is 42.3 Å². The van der Waals surface area contributed by atoms with Crippen LogP contribution in [0.25, 0.3) is 0 Å². The van der Waals surface area contributed by atoms with Gasteiger partial charge in [0, 0.05) is 24.8 Å². The van der Waals surface area contributed by atoms with Crippen LogP contribution in [0.1, 0.15) is 155 Å². The fourth-order valence-corrected chi connectivity index (χ4v) is 6.81. The lowest BCUT2D eigenvalue weighted by atomic mass is 9.95. The van der Waals surface area contributed by atoms with E-state index in [1.807, 2.05) is 13.0 Å². The van der Waals surface area contributed by atoms with Gasteiger partial charge in [0.25, 0.3) is 0 Å². The topological polar surface area (TPSA) is 102 Å². The predicted octanol–water partition coefficient (Wildman–Crippen LogP) is 7.29. The Labute approximate surface area is 255 Å². The van der Waals surface area contributed by atoms with Crippen molar-refractivity contribution in [3.05, 3.63) is 11.6 Å². The van der Waals surface area contributed by atoms with Crippen LogP contribution in [0, 0.1) is 0 Å². The van der Waals surface area contributed by atoms with Gasteiger partial charge in [-0.3, -0.25) is 4.79 Å². The van der Waals surface area contributed by atoms with Crippen LogP contribution < -0.4 is 0 Å². The lowest BCUT2D eigenvalue weighted by molar-refractivity contribution is -0.140. The molecule has 0 aromatic heterocycles. The molecule has 0 saturated carbocycles. The minimum Gasteiger partial charge on any atom is -0.455 e. The van der Waals surface area contributed by atoms with Gasteiger partial charge in [0.1, 0.15) is 11.9 Å². The number of hydrogen-bond acceptors (Lipinski definition) is 7. The molecule has 0 aromatic rings. The van der Waals surface area contributed by atoms with E-state index in [0.29, 0.717) is 31.3 Å². The summed E-state index contributed by atoms with van der Waals surface area (Å²) >= 11 is 0. The number of esters is 1. The van der Waals surface area contributed by atoms with Gasteiger partial charge in [-0.15, -0.1) is 0 Å². The Bertz CT molecular complexity index is 811. The molecule has 7 heteroatoms. The summed E-state index contributed by atoms with van der Waals surface area (Å²) < 4.78 is 17.4. The zero-order valence-corrected chi connectivity index (χ0v) is 26.6. The molecule has 3 heterocycles. The van der Waals surface area contributed by atoms with Gasteiger partial charge in [0.05, 0.1) is 36.6 Å². The minimum absolute atomic E-state index is 0.0283. The number of unbranched alkanes of at least 4 members (excludes halogenated alkanes) is 10. The lowest BCUT2D eigenvalue weighted by Gasteiger charge is -2.30. The van der Waals surface area contributed by atoms with E-state index in [4.69, 9.17) is 14.2 Å². The molecule has 7 nitrogen and oxygen atoms in total. The largest absolute Gasteiger partial charge is 0.455 e. The molecule has 2 fully saturated rings. The van der Waals surface area contributed by atoms with E-state index in [2.05, 4.69) is 6.92 Å². The Balaban J connectivity index is 1.19. The van der Waals surface area contributed by atoms with Gasteiger partial charge in [0.2, 0.25) is 0 Å². The SMILES string of the molecule is CCCCCCCCCCCC[C@H](O)[C@@H]1CC[C@H]([C@H](O)CCCCC(=O)C[C@H]2CCC[C@@H](CC3=CC(C)OC3=O)O2)O1. The molecule has 7 atom stereocenters. The van der Waals surface area contributed by atoms with Crippen LogP contribution in [-0.4, -0.2) is 64.7 Å². The van der Waals surface area contributed by atoms with E-state index in [1.165, 1.54) is 57.8 Å². The Morgan fingerprint density at radius 1 is 0.810 bits per heavy atom. The Morgan fingerprint density at radius 2 is 1.38 bits per heavy atom. The molecule has 0 bridgehead atoms. The number of carbonyl (C=O) groups is 2. The van der Waals surface area contributed by atoms with E-state index in [1.54, 1.807) is 0 Å². The lowest BCUT2D eigenvalue weighted by Crippen LogP contribution is -2.31. The first-order valence-electron chi connectivity index (χ1n) is 17.5. The van der Waals surface area contributed by atoms with Gasteiger partial charge in [-0.1, -0.05) is 77.6 Å². The second kappa shape index (κ2) is 19.9. The molecular weight excluding hydrogens is 532 g/mol. The zero-order valence-electron chi connectivity index (χ0n) is 26.6. The molecule has 2 N–H and O–H groups in total. The molecule has 0 spiro atoms. The number of cyclic esters (lactones) is 1. The molecule has 0 aliphatic carbocycles. The van der Waals surface area contributed by atoms with Crippen molar-refractivity contribution in [2.24, 2.45) is 0 Å². The van der Waals surface area contributed by atoms with Crippen LogP contribution in [-0.2, 0) is 23.8 Å². The molecule has 3 aliphatic heterocycles. The van der Waals surface area contributed by atoms with Crippen molar-refractivity contribution < 1.29 is 34.0 Å². The molecule has 2 saturated heterocycles. The fraction of sp³-hybridized carbons (Fsp3) is 0.886. The van der Waals surface area contributed by atoms with E-state index in [9.17, 15) is 19.8 Å². The number of ether oxygens (including phenoxy) is 3. The summed E-state index contributed by atoms with van der Waals surface area (Å²) in [5, 5.41) is 21.3. The van der Waals surface area contributed by atoms with Crippen LogP contribution in [0.3, 0.4) is 0 Å². The normalized spacial score (nSPS) is 27.6. The van der Waals surface area contributed by atoms with Gasteiger partial charge in [-0.05, 0) is 64.4 Å². The highest BCUT2D eigenvalue weighted by atomic mass is 16.5. The number of aliphatic hydroxyl groups is 2. The maximum Gasteiger partial charge on any atom is 0.334 e.